The summed E-state index contributed by atoms with van der Waals surface area (Å²) in [5.74, 6) is 0. The van der Waals surface area contributed by atoms with Crippen LogP contribution < -0.4 is 10.6 Å². The van der Waals surface area contributed by atoms with Gasteiger partial charge in [0.05, 0.1) is 11.9 Å². The average Bonchev–Trinajstić information content (AvgIpc) is 2.65. The van der Waals surface area contributed by atoms with Crippen molar-refractivity contribution in [1.29, 1.82) is 0 Å². The summed E-state index contributed by atoms with van der Waals surface area (Å²) in [4.78, 5) is 6.69. The minimum absolute atomic E-state index is 0.334. The van der Waals surface area contributed by atoms with Gasteiger partial charge in [-0.25, -0.2) is 0 Å². The first-order chi connectivity index (χ1) is 6.79. The number of anilines is 1. The molecule has 3 nitrogen and oxygen atoms in total. The minimum Gasteiger partial charge on any atom is -0.369 e. The molecule has 2 heterocycles. The monoisotopic (exact) mass is 191 g/mol. The molecule has 76 valence electrons. The molecule has 1 saturated heterocycles. The molecular formula is C11H17N3. The molecule has 1 atom stereocenters. The third-order valence-electron chi connectivity index (χ3n) is 2.76. The second-order valence-electron chi connectivity index (χ2n) is 3.86. The molecule has 0 aliphatic carbocycles. The highest BCUT2D eigenvalue weighted by Gasteiger charge is 2.19. The third kappa shape index (κ3) is 1.87. The van der Waals surface area contributed by atoms with E-state index in [0.717, 1.165) is 31.6 Å². The Bertz CT molecular complexity index is 294. The molecule has 0 spiro atoms. The molecule has 1 aromatic rings. The van der Waals surface area contributed by atoms with E-state index in [4.69, 9.17) is 5.73 Å². The molecule has 1 aliphatic rings. The second kappa shape index (κ2) is 3.96. The van der Waals surface area contributed by atoms with Gasteiger partial charge in [-0.05, 0) is 25.0 Å². The van der Waals surface area contributed by atoms with Gasteiger partial charge in [-0.15, -0.1) is 0 Å². The summed E-state index contributed by atoms with van der Waals surface area (Å²) in [6, 6.07) is 4.57. The second-order valence-corrected chi connectivity index (χ2v) is 3.86. The minimum atomic E-state index is 0.334. The maximum atomic E-state index is 5.86. The number of pyridine rings is 1. The van der Waals surface area contributed by atoms with Gasteiger partial charge >= 0.3 is 0 Å². The lowest BCUT2D eigenvalue weighted by Gasteiger charge is -2.17. The highest BCUT2D eigenvalue weighted by molar-refractivity contribution is 5.45. The van der Waals surface area contributed by atoms with Crippen LogP contribution in [0.2, 0.25) is 0 Å². The molecule has 14 heavy (non-hydrogen) atoms. The van der Waals surface area contributed by atoms with Gasteiger partial charge in [0.25, 0.3) is 0 Å². The Morgan fingerprint density at radius 1 is 1.57 bits per heavy atom. The maximum Gasteiger partial charge on any atom is 0.0553 e. The molecule has 0 unspecified atom stereocenters. The summed E-state index contributed by atoms with van der Waals surface area (Å²) in [7, 11) is 0. The van der Waals surface area contributed by atoms with Crippen molar-refractivity contribution in [2.75, 3.05) is 18.0 Å². The summed E-state index contributed by atoms with van der Waals surface area (Å²) < 4.78 is 0. The van der Waals surface area contributed by atoms with Crippen LogP contribution in [-0.4, -0.2) is 24.1 Å². The van der Waals surface area contributed by atoms with E-state index in [1.54, 1.807) is 0 Å². The number of nitrogens with two attached hydrogens (primary N) is 1. The molecule has 0 amide bonds. The lowest BCUT2D eigenvalue weighted by atomic mass is 10.3. The van der Waals surface area contributed by atoms with Crippen LogP contribution >= 0.6 is 0 Å². The number of aromatic nitrogens is 1. The Morgan fingerprint density at radius 2 is 2.43 bits per heavy atom. The molecule has 0 radical (unpaired) electrons. The summed E-state index contributed by atoms with van der Waals surface area (Å²) >= 11 is 0. The van der Waals surface area contributed by atoms with E-state index in [1.165, 1.54) is 5.69 Å². The van der Waals surface area contributed by atoms with Gasteiger partial charge in [-0.1, -0.05) is 6.92 Å². The van der Waals surface area contributed by atoms with Crippen molar-refractivity contribution >= 4 is 5.69 Å². The van der Waals surface area contributed by atoms with E-state index >= 15 is 0 Å². The van der Waals surface area contributed by atoms with Crippen molar-refractivity contribution in [2.24, 2.45) is 5.73 Å². The van der Waals surface area contributed by atoms with Crippen LogP contribution in [0.4, 0.5) is 5.69 Å². The maximum absolute atomic E-state index is 5.86. The van der Waals surface area contributed by atoms with Crippen LogP contribution in [0.3, 0.4) is 0 Å². The van der Waals surface area contributed by atoms with Gasteiger partial charge < -0.3 is 10.6 Å². The van der Waals surface area contributed by atoms with E-state index in [0.29, 0.717) is 6.04 Å². The number of hydrogen-bond donors (Lipinski definition) is 1. The largest absolute Gasteiger partial charge is 0.369 e. The predicted molar refractivity (Wildman–Crippen MR) is 58.4 cm³/mol. The van der Waals surface area contributed by atoms with Crippen LogP contribution in [0.1, 0.15) is 19.0 Å². The Balaban J connectivity index is 2.09. The van der Waals surface area contributed by atoms with Crippen LogP contribution in [0.25, 0.3) is 0 Å². The highest BCUT2D eigenvalue weighted by atomic mass is 15.2. The first-order valence-corrected chi connectivity index (χ1v) is 5.25. The number of nitrogens with zero attached hydrogens (tertiary/aromatic N) is 2. The van der Waals surface area contributed by atoms with Crippen molar-refractivity contribution < 1.29 is 0 Å². The first kappa shape index (κ1) is 9.46. The van der Waals surface area contributed by atoms with E-state index in [1.807, 2.05) is 6.20 Å². The molecule has 2 rings (SSSR count). The first-order valence-electron chi connectivity index (χ1n) is 5.25. The average molecular weight is 191 g/mol. The molecule has 2 N–H and O–H groups in total. The Labute approximate surface area is 84.9 Å². The lowest BCUT2D eigenvalue weighted by Crippen LogP contribution is -2.26. The summed E-state index contributed by atoms with van der Waals surface area (Å²) in [6.07, 6.45) is 4.05. The van der Waals surface area contributed by atoms with Crippen molar-refractivity contribution in [2.45, 2.75) is 25.8 Å². The van der Waals surface area contributed by atoms with E-state index in [-0.39, 0.29) is 0 Å². The third-order valence-corrected chi connectivity index (χ3v) is 2.76. The molecular weight excluding hydrogens is 174 g/mol. The number of rotatable bonds is 2. The van der Waals surface area contributed by atoms with Crippen molar-refractivity contribution in [3.63, 3.8) is 0 Å². The Hall–Kier alpha value is -1.09. The molecule has 1 aliphatic heterocycles. The lowest BCUT2D eigenvalue weighted by molar-refractivity contribution is 0.752. The van der Waals surface area contributed by atoms with Crippen LogP contribution in [-0.2, 0) is 6.42 Å². The molecule has 0 saturated carbocycles. The van der Waals surface area contributed by atoms with Gasteiger partial charge in [0, 0.05) is 24.8 Å². The Morgan fingerprint density at radius 3 is 2.93 bits per heavy atom. The van der Waals surface area contributed by atoms with Crippen LogP contribution in [0, 0.1) is 0 Å². The fraction of sp³-hybridized carbons (Fsp3) is 0.545. The highest BCUT2D eigenvalue weighted by Crippen LogP contribution is 2.18. The summed E-state index contributed by atoms with van der Waals surface area (Å²) in [5.41, 5.74) is 8.21. The zero-order chi connectivity index (χ0) is 9.97. The summed E-state index contributed by atoms with van der Waals surface area (Å²) in [5, 5.41) is 0. The molecule has 0 bridgehead atoms. The van der Waals surface area contributed by atoms with E-state index in [9.17, 15) is 0 Å². The van der Waals surface area contributed by atoms with Crippen molar-refractivity contribution in [3.05, 3.63) is 24.0 Å². The van der Waals surface area contributed by atoms with Crippen molar-refractivity contribution in [3.8, 4) is 0 Å². The fourth-order valence-corrected chi connectivity index (χ4v) is 1.83. The van der Waals surface area contributed by atoms with Gasteiger partial charge in [0.1, 0.15) is 0 Å². The summed E-state index contributed by atoms with van der Waals surface area (Å²) in [6.45, 7) is 4.15. The smallest absolute Gasteiger partial charge is 0.0553 e. The van der Waals surface area contributed by atoms with Gasteiger partial charge in [-0.3, -0.25) is 4.98 Å². The molecule has 0 aromatic carbocycles. The zero-order valence-electron chi connectivity index (χ0n) is 8.61. The number of aryl methyl sites for hydroxylation is 1. The topological polar surface area (TPSA) is 42.1 Å². The quantitative estimate of drug-likeness (QED) is 0.763. The standard InChI is InChI=1S/C11H17N3/c1-2-10-3-4-11(7-13-10)14-6-5-9(12)8-14/h3-4,7,9H,2,5-6,8,12H2,1H3/t9-/m1/s1. The van der Waals surface area contributed by atoms with Crippen LogP contribution in [0.15, 0.2) is 18.3 Å². The van der Waals surface area contributed by atoms with Gasteiger partial charge in [0.15, 0.2) is 0 Å². The molecule has 1 aromatic heterocycles. The van der Waals surface area contributed by atoms with E-state index in [2.05, 4.69) is 28.9 Å². The fourth-order valence-electron chi connectivity index (χ4n) is 1.83. The van der Waals surface area contributed by atoms with Crippen molar-refractivity contribution in [1.82, 2.24) is 4.98 Å². The zero-order valence-corrected chi connectivity index (χ0v) is 8.61. The SMILES string of the molecule is CCc1ccc(N2CC[C@@H](N)C2)cn1. The predicted octanol–water partition coefficient (Wildman–Crippen LogP) is 1.18. The van der Waals surface area contributed by atoms with Gasteiger partial charge in [0.2, 0.25) is 0 Å². The molecule has 3 heteroatoms. The number of hydrogen-bond acceptors (Lipinski definition) is 3. The van der Waals surface area contributed by atoms with E-state index < -0.39 is 0 Å². The molecule has 1 fully saturated rings. The Kier molecular flexibility index (Phi) is 2.68. The van der Waals surface area contributed by atoms with Gasteiger partial charge in [-0.2, -0.15) is 0 Å². The normalized spacial score (nSPS) is 21.6. The van der Waals surface area contributed by atoms with Crippen LogP contribution in [0.5, 0.6) is 0 Å².